The van der Waals surface area contributed by atoms with Crippen LogP contribution in [0.25, 0.3) is 31.7 Å². The topological polar surface area (TPSA) is 87.7 Å². The van der Waals surface area contributed by atoms with Gasteiger partial charge in [0.25, 0.3) is 5.56 Å². The number of carbonyl (C=O) groups is 1. The number of para-hydroxylation sites is 3. The van der Waals surface area contributed by atoms with Crippen molar-refractivity contribution < 1.29 is 4.79 Å². The van der Waals surface area contributed by atoms with E-state index in [0.29, 0.717) is 36.0 Å². The van der Waals surface area contributed by atoms with E-state index < -0.39 is 0 Å². The third-order valence-corrected chi connectivity index (χ3v) is 6.27. The number of hydrogen-bond donors (Lipinski definition) is 2. The lowest BCUT2D eigenvalue weighted by Crippen LogP contribution is -2.14. The van der Waals surface area contributed by atoms with Crippen molar-refractivity contribution in [3.63, 3.8) is 0 Å². The van der Waals surface area contributed by atoms with Gasteiger partial charge >= 0.3 is 0 Å². The fourth-order valence-electron chi connectivity index (χ4n) is 3.65. The zero-order valence-corrected chi connectivity index (χ0v) is 18.0. The Hall–Kier alpha value is -3.84. The highest BCUT2D eigenvalue weighted by Gasteiger charge is 2.12. The normalized spacial score (nSPS) is 11.1. The minimum absolute atomic E-state index is 0.0818. The second-order valence-electron chi connectivity index (χ2n) is 7.46. The third-order valence-electron chi connectivity index (χ3n) is 5.20. The van der Waals surface area contributed by atoms with Crippen molar-refractivity contribution >= 4 is 44.1 Å². The van der Waals surface area contributed by atoms with Crippen LogP contribution < -0.4 is 10.9 Å². The lowest BCUT2D eigenvalue weighted by molar-refractivity contribution is -0.116. The molecule has 3 aromatic carbocycles. The van der Waals surface area contributed by atoms with Crippen LogP contribution in [0.4, 0.5) is 5.69 Å². The first kappa shape index (κ1) is 20.1. The van der Waals surface area contributed by atoms with Crippen LogP contribution in [0.1, 0.15) is 18.7 Å². The molecule has 6 nitrogen and oxygen atoms in total. The molecule has 158 valence electrons. The number of rotatable bonds is 6. The van der Waals surface area contributed by atoms with E-state index in [1.807, 2.05) is 66.7 Å². The number of hydrogen-bond acceptors (Lipinski definition) is 5. The smallest absolute Gasteiger partial charge is 0.258 e. The largest absolute Gasteiger partial charge is 0.325 e. The zero-order valence-electron chi connectivity index (χ0n) is 17.2. The summed E-state index contributed by atoms with van der Waals surface area (Å²) >= 11 is 1.60. The van der Waals surface area contributed by atoms with Crippen molar-refractivity contribution in [3.8, 4) is 10.6 Å². The quantitative estimate of drug-likeness (QED) is 0.382. The highest BCUT2D eigenvalue weighted by Crippen LogP contribution is 2.34. The molecule has 7 heteroatoms. The summed E-state index contributed by atoms with van der Waals surface area (Å²) in [6.07, 6.45) is 1.42. The third kappa shape index (κ3) is 4.15. The number of nitrogens with zero attached hydrogens (tertiary/aromatic N) is 2. The number of H-pyrrole nitrogens is 1. The summed E-state index contributed by atoms with van der Waals surface area (Å²) in [5.74, 6) is 0.512. The Morgan fingerprint density at radius 2 is 1.66 bits per heavy atom. The van der Waals surface area contributed by atoms with Gasteiger partial charge in [0.2, 0.25) is 5.91 Å². The molecular weight excluding hydrogens is 420 g/mol. The first-order valence-corrected chi connectivity index (χ1v) is 11.2. The van der Waals surface area contributed by atoms with Gasteiger partial charge in [0, 0.05) is 18.4 Å². The molecule has 2 N–H and O–H groups in total. The van der Waals surface area contributed by atoms with Crippen molar-refractivity contribution in [1.82, 2.24) is 15.0 Å². The number of amides is 1. The molecule has 0 atom stereocenters. The van der Waals surface area contributed by atoms with Gasteiger partial charge in [-0.2, -0.15) is 0 Å². The van der Waals surface area contributed by atoms with Gasteiger partial charge in [0.15, 0.2) is 0 Å². The lowest BCUT2D eigenvalue weighted by Gasteiger charge is -2.09. The summed E-state index contributed by atoms with van der Waals surface area (Å²) in [6, 6.07) is 22.9. The number of carbonyl (C=O) groups excluding carboxylic acids is 1. The highest BCUT2D eigenvalue weighted by molar-refractivity contribution is 7.21. The molecular formula is C25H20N4O2S. The highest BCUT2D eigenvalue weighted by atomic mass is 32.1. The van der Waals surface area contributed by atoms with Crippen LogP contribution in [0, 0.1) is 0 Å². The molecule has 32 heavy (non-hydrogen) atoms. The fraction of sp³-hybridized carbons (Fsp3) is 0.120. The molecule has 0 aliphatic rings. The van der Waals surface area contributed by atoms with Crippen molar-refractivity contribution in [1.29, 1.82) is 0 Å². The fourth-order valence-corrected chi connectivity index (χ4v) is 4.65. The molecule has 0 spiro atoms. The van der Waals surface area contributed by atoms with Gasteiger partial charge in [0.1, 0.15) is 10.8 Å². The van der Waals surface area contributed by atoms with E-state index in [2.05, 4.69) is 15.3 Å². The van der Waals surface area contributed by atoms with Crippen molar-refractivity contribution in [2.75, 3.05) is 5.32 Å². The minimum Gasteiger partial charge on any atom is -0.325 e. The van der Waals surface area contributed by atoms with Gasteiger partial charge in [-0.1, -0.05) is 36.4 Å². The minimum atomic E-state index is -0.153. The van der Waals surface area contributed by atoms with E-state index in [1.54, 1.807) is 17.4 Å². The number of anilines is 1. The van der Waals surface area contributed by atoms with Crippen LogP contribution in [0.5, 0.6) is 0 Å². The van der Waals surface area contributed by atoms with E-state index in [-0.39, 0.29) is 11.5 Å². The van der Waals surface area contributed by atoms with Gasteiger partial charge in [-0.25, -0.2) is 9.97 Å². The molecule has 5 aromatic rings. The maximum absolute atomic E-state index is 12.6. The van der Waals surface area contributed by atoms with E-state index in [0.717, 1.165) is 26.5 Å². The number of aryl methyl sites for hydroxylation is 1. The second kappa shape index (κ2) is 8.72. The van der Waals surface area contributed by atoms with Crippen LogP contribution in [0.2, 0.25) is 0 Å². The van der Waals surface area contributed by atoms with Gasteiger partial charge in [0.05, 0.1) is 26.8 Å². The molecule has 0 unspecified atom stereocenters. The van der Waals surface area contributed by atoms with Crippen molar-refractivity contribution in [2.24, 2.45) is 0 Å². The van der Waals surface area contributed by atoms with Gasteiger partial charge in [-0.3, -0.25) is 9.59 Å². The number of thiazole rings is 1. The number of nitrogens with one attached hydrogen (secondary N) is 2. The van der Waals surface area contributed by atoms with E-state index in [4.69, 9.17) is 4.98 Å². The Morgan fingerprint density at radius 3 is 2.53 bits per heavy atom. The SMILES string of the molecule is O=C(CCCc1nc2ccccc2c(=O)[nH]1)Nc1ccccc1-c1nc2ccccc2s1. The van der Waals surface area contributed by atoms with E-state index >= 15 is 0 Å². The molecule has 0 aliphatic heterocycles. The summed E-state index contributed by atoms with van der Waals surface area (Å²) < 4.78 is 1.11. The number of aromatic amines is 1. The summed E-state index contributed by atoms with van der Waals surface area (Å²) in [5, 5.41) is 4.46. The second-order valence-corrected chi connectivity index (χ2v) is 8.49. The average molecular weight is 441 g/mol. The van der Waals surface area contributed by atoms with Gasteiger partial charge < -0.3 is 10.3 Å². The molecule has 0 fully saturated rings. The molecule has 0 saturated heterocycles. The predicted octanol–water partition coefficient (Wildman–Crippen LogP) is 5.16. The summed E-state index contributed by atoms with van der Waals surface area (Å²) in [4.78, 5) is 36.8. The predicted molar refractivity (Wildman–Crippen MR) is 129 cm³/mol. The van der Waals surface area contributed by atoms with Crippen LogP contribution in [0.3, 0.4) is 0 Å². The van der Waals surface area contributed by atoms with Gasteiger partial charge in [-0.05, 0) is 42.8 Å². The Labute approximate surface area is 188 Å². The van der Waals surface area contributed by atoms with Crippen LogP contribution in [-0.4, -0.2) is 20.9 Å². The molecule has 0 aliphatic carbocycles. The summed E-state index contributed by atoms with van der Waals surface area (Å²) in [5.41, 5.74) is 3.11. The molecule has 0 bridgehead atoms. The Bertz CT molecular complexity index is 1460. The van der Waals surface area contributed by atoms with Gasteiger partial charge in [-0.15, -0.1) is 11.3 Å². The molecule has 1 amide bonds. The first-order valence-electron chi connectivity index (χ1n) is 10.4. The number of fused-ring (bicyclic) bond motifs is 2. The van der Waals surface area contributed by atoms with E-state index in [9.17, 15) is 9.59 Å². The van der Waals surface area contributed by atoms with Crippen LogP contribution in [0.15, 0.2) is 77.6 Å². The number of aromatic nitrogens is 3. The Balaban J connectivity index is 1.27. The monoisotopic (exact) mass is 440 g/mol. The zero-order chi connectivity index (χ0) is 21.9. The molecule has 5 rings (SSSR count). The van der Waals surface area contributed by atoms with Crippen LogP contribution in [-0.2, 0) is 11.2 Å². The average Bonchev–Trinajstić information content (AvgIpc) is 3.24. The number of benzene rings is 3. The maximum atomic E-state index is 12.6. The molecule has 2 aromatic heterocycles. The van der Waals surface area contributed by atoms with Crippen molar-refractivity contribution in [2.45, 2.75) is 19.3 Å². The summed E-state index contributed by atoms with van der Waals surface area (Å²) in [7, 11) is 0. The Kier molecular flexibility index (Phi) is 5.47. The first-order chi connectivity index (χ1) is 15.7. The summed E-state index contributed by atoms with van der Waals surface area (Å²) in [6.45, 7) is 0. The van der Waals surface area contributed by atoms with E-state index in [1.165, 1.54) is 0 Å². The molecule has 0 radical (unpaired) electrons. The van der Waals surface area contributed by atoms with Crippen LogP contribution >= 0.6 is 11.3 Å². The molecule has 0 saturated carbocycles. The molecule has 2 heterocycles. The van der Waals surface area contributed by atoms with Crippen molar-refractivity contribution in [3.05, 3.63) is 89.0 Å². The standard InChI is InChI=1S/C25H20N4O2S/c30-23(15-7-14-22-26-18-10-3-1-8-16(18)24(31)29-22)27-19-11-4-2-9-17(19)25-28-20-12-5-6-13-21(20)32-25/h1-6,8-13H,7,14-15H2,(H,27,30)(H,26,29,31). The Morgan fingerprint density at radius 1 is 0.906 bits per heavy atom. The lowest BCUT2D eigenvalue weighted by atomic mass is 10.1. The maximum Gasteiger partial charge on any atom is 0.258 e.